The number of carbonyl (C=O) groups is 1. The summed E-state index contributed by atoms with van der Waals surface area (Å²) in [7, 11) is 0. The fourth-order valence-corrected chi connectivity index (χ4v) is 4.01. The number of hydrogen-bond donors (Lipinski definition) is 0. The van der Waals surface area contributed by atoms with Gasteiger partial charge in [-0.2, -0.15) is 0 Å². The highest BCUT2D eigenvalue weighted by atomic mass is 16.5. The van der Waals surface area contributed by atoms with Crippen molar-refractivity contribution in [3.8, 4) is 0 Å². The second kappa shape index (κ2) is 6.44. The maximum absolute atomic E-state index is 12.5. The van der Waals surface area contributed by atoms with Gasteiger partial charge < -0.3 is 4.74 Å². The van der Waals surface area contributed by atoms with E-state index >= 15 is 0 Å². The Morgan fingerprint density at radius 3 is 2.55 bits per heavy atom. The second-order valence-corrected chi connectivity index (χ2v) is 7.66. The van der Waals surface area contributed by atoms with Crippen LogP contribution in [0, 0.1) is 23.7 Å². The van der Waals surface area contributed by atoms with E-state index in [0.717, 1.165) is 12.8 Å². The number of esters is 1. The number of benzene rings is 1. The standard InChI is InChI=1S/C20H28O2/c1-13(2)16-10-9-14(3)11-19(16)22-20(21)18-12-17(18)15-7-5-4-6-8-15/h4-8,13-14,16-19H,9-12H2,1-3H3/t14-,16+,17+,18+,19-/m1/s1. The number of hydrogen-bond acceptors (Lipinski definition) is 2. The molecule has 2 fully saturated rings. The average Bonchev–Trinajstić information content (AvgIpc) is 3.28. The van der Waals surface area contributed by atoms with Gasteiger partial charge in [0.25, 0.3) is 0 Å². The minimum absolute atomic E-state index is 0.0404. The Morgan fingerprint density at radius 2 is 1.86 bits per heavy atom. The molecule has 0 aliphatic heterocycles. The Balaban J connectivity index is 1.59. The van der Waals surface area contributed by atoms with Crippen LogP contribution in [-0.2, 0) is 9.53 Å². The molecule has 2 saturated carbocycles. The molecule has 0 aromatic heterocycles. The Morgan fingerprint density at radius 1 is 1.14 bits per heavy atom. The minimum Gasteiger partial charge on any atom is -0.462 e. The van der Waals surface area contributed by atoms with Crippen LogP contribution in [0.4, 0.5) is 0 Å². The molecule has 1 aromatic carbocycles. The fourth-order valence-electron chi connectivity index (χ4n) is 4.01. The quantitative estimate of drug-likeness (QED) is 0.747. The first kappa shape index (κ1) is 15.6. The molecule has 2 aliphatic rings. The van der Waals surface area contributed by atoms with E-state index in [1.165, 1.54) is 18.4 Å². The molecule has 0 N–H and O–H groups in total. The number of ether oxygens (including phenoxy) is 1. The van der Waals surface area contributed by atoms with Gasteiger partial charge in [0.1, 0.15) is 6.10 Å². The lowest BCUT2D eigenvalue weighted by molar-refractivity contribution is -0.157. The molecule has 2 aliphatic carbocycles. The lowest BCUT2D eigenvalue weighted by atomic mass is 9.75. The SMILES string of the molecule is CC(C)[C@@H]1CC[C@@H](C)C[C@H]1OC(=O)[C@H]1C[C@H]1c1ccccc1. The third-order valence-corrected chi connectivity index (χ3v) is 5.55. The highest BCUT2D eigenvalue weighted by molar-refractivity contribution is 5.77. The van der Waals surface area contributed by atoms with Gasteiger partial charge in [0.05, 0.1) is 5.92 Å². The van der Waals surface area contributed by atoms with E-state index in [1.54, 1.807) is 0 Å². The molecule has 0 radical (unpaired) electrons. The average molecular weight is 300 g/mol. The molecule has 22 heavy (non-hydrogen) atoms. The zero-order valence-corrected chi connectivity index (χ0v) is 14.0. The maximum atomic E-state index is 12.5. The molecule has 5 atom stereocenters. The molecule has 120 valence electrons. The Kier molecular flexibility index (Phi) is 4.56. The zero-order valence-electron chi connectivity index (χ0n) is 14.0. The van der Waals surface area contributed by atoms with Crippen molar-refractivity contribution in [3.63, 3.8) is 0 Å². The summed E-state index contributed by atoms with van der Waals surface area (Å²) in [5.41, 5.74) is 1.28. The van der Waals surface area contributed by atoms with E-state index in [0.29, 0.717) is 23.7 Å². The zero-order chi connectivity index (χ0) is 15.7. The lowest BCUT2D eigenvalue weighted by Crippen LogP contribution is -2.36. The lowest BCUT2D eigenvalue weighted by Gasteiger charge is -2.36. The molecule has 0 heterocycles. The largest absolute Gasteiger partial charge is 0.462 e. The molecular formula is C20H28O2. The summed E-state index contributed by atoms with van der Waals surface area (Å²) in [5, 5.41) is 0. The van der Waals surface area contributed by atoms with E-state index in [-0.39, 0.29) is 18.0 Å². The first-order chi connectivity index (χ1) is 10.6. The van der Waals surface area contributed by atoms with Gasteiger partial charge in [0, 0.05) is 0 Å². The molecular weight excluding hydrogens is 272 g/mol. The summed E-state index contributed by atoms with van der Waals surface area (Å²) in [6, 6.07) is 10.4. The van der Waals surface area contributed by atoms with Gasteiger partial charge in [-0.25, -0.2) is 0 Å². The Hall–Kier alpha value is -1.31. The molecule has 1 aromatic rings. The van der Waals surface area contributed by atoms with Crippen LogP contribution >= 0.6 is 0 Å². The fraction of sp³-hybridized carbons (Fsp3) is 0.650. The van der Waals surface area contributed by atoms with Crippen molar-refractivity contribution >= 4 is 5.97 Å². The van der Waals surface area contributed by atoms with E-state index < -0.39 is 0 Å². The Labute approximate surface area is 134 Å². The molecule has 0 saturated heterocycles. The van der Waals surface area contributed by atoms with Crippen LogP contribution < -0.4 is 0 Å². The number of carbonyl (C=O) groups excluding carboxylic acids is 1. The van der Waals surface area contributed by atoms with Crippen molar-refractivity contribution in [2.24, 2.45) is 23.7 Å². The normalized spacial score (nSPS) is 34.5. The summed E-state index contributed by atoms with van der Waals surface area (Å²) in [4.78, 5) is 12.5. The van der Waals surface area contributed by atoms with E-state index in [1.807, 2.05) is 18.2 Å². The van der Waals surface area contributed by atoms with E-state index in [9.17, 15) is 4.79 Å². The van der Waals surface area contributed by atoms with Gasteiger partial charge in [-0.05, 0) is 48.5 Å². The van der Waals surface area contributed by atoms with Crippen molar-refractivity contribution in [1.82, 2.24) is 0 Å². The van der Waals surface area contributed by atoms with E-state index in [2.05, 4.69) is 32.9 Å². The summed E-state index contributed by atoms with van der Waals surface area (Å²) in [6.45, 7) is 6.79. The Bertz CT molecular complexity index is 508. The molecule has 0 spiro atoms. The van der Waals surface area contributed by atoms with Crippen molar-refractivity contribution in [2.45, 2.75) is 58.5 Å². The predicted octanol–water partition coefficient (Wildman–Crippen LogP) is 4.79. The van der Waals surface area contributed by atoms with Crippen molar-refractivity contribution in [1.29, 1.82) is 0 Å². The van der Waals surface area contributed by atoms with Gasteiger partial charge >= 0.3 is 5.97 Å². The van der Waals surface area contributed by atoms with Gasteiger partial charge in [0.2, 0.25) is 0 Å². The molecule has 0 amide bonds. The van der Waals surface area contributed by atoms with Crippen LogP contribution in [0.1, 0.15) is 57.9 Å². The minimum atomic E-state index is 0.0404. The third kappa shape index (κ3) is 3.37. The van der Waals surface area contributed by atoms with Crippen molar-refractivity contribution in [3.05, 3.63) is 35.9 Å². The van der Waals surface area contributed by atoms with Gasteiger partial charge in [0.15, 0.2) is 0 Å². The molecule has 2 nitrogen and oxygen atoms in total. The van der Waals surface area contributed by atoms with Crippen LogP contribution in [0.5, 0.6) is 0 Å². The van der Waals surface area contributed by atoms with Gasteiger partial charge in [-0.3, -0.25) is 4.79 Å². The smallest absolute Gasteiger partial charge is 0.309 e. The van der Waals surface area contributed by atoms with Crippen molar-refractivity contribution < 1.29 is 9.53 Å². The van der Waals surface area contributed by atoms with E-state index in [4.69, 9.17) is 4.74 Å². The summed E-state index contributed by atoms with van der Waals surface area (Å²) in [6.07, 6.45) is 4.60. The second-order valence-electron chi connectivity index (χ2n) is 7.66. The van der Waals surface area contributed by atoms with Crippen LogP contribution in [0.3, 0.4) is 0 Å². The van der Waals surface area contributed by atoms with Crippen molar-refractivity contribution in [2.75, 3.05) is 0 Å². The maximum Gasteiger partial charge on any atom is 0.309 e. The highest BCUT2D eigenvalue weighted by Gasteiger charge is 2.46. The summed E-state index contributed by atoms with van der Waals surface area (Å²) < 4.78 is 5.97. The molecule has 0 unspecified atom stereocenters. The number of rotatable bonds is 4. The topological polar surface area (TPSA) is 26.3 Å². The van der Waals surface area contributed by atoms with Crippen LogP contribution in [0.2, 0.25) is 0 Å². The molecule has 2 heteroatoms. The molecule has 3 rings (SSSR count). The van der Waals surface area contributed by atoms with Crippen LogP contribution in [0.25, 0.3) is 0 Å². The van der Waals surface area contributed by atoms with Crippen LogP contribution in [0.15, 0.2) is 30.3 Å². The monoisotopic (exact) mass is 300 g/mol. The first-order valence-corrected chi connectivity index (χ1v) is 8.81. The summed E-state index contributed by atoms with van der Waals surface area (Å²) in [5.74, 6) is 2.32. The first-order valence-electron chi connectivity index (χ1n) is 8.81. The van der Waals surface area contributed by atoms with Gasteiger partial charge in [-0.1, -0.05) is 57.5 Å². The highest BCUT2D eigenvalue weighted by Crippen LogP contribution is 2.49. The predicted molar refractivity (Wildman–Crippen MR) is 88.5 cm³/mol. The summed E-state index contributed by atoms with van der Waals surface area (Å²) >= 11 is 0. The van der Waals surface area contributed by atoms with Gasteiger partial charge in [-0.15, -0.1) is 0 Å². The van der Waals surface area contributed by atoms with Crippen LogP contribution in [-0.4, -0.2) is 12.1 Å². The molecule has 0 bridgehead atoms. The third-order valence-electron chi connectivity index (χ3n) is 5.55.